The third-order valence-electron chi connectivity index (χ3n) is 8.97. The molecule has 0 amide bonds. The molecule has 0 unspecified atom stereocenters. The van der Waals surface area contributed by atoms with E-state index >= 15 is 0 Å². The van der Waals surface area contributed by atoms with E-state index in [1.54, 1.807) is 19.1 Å². The maximum absolute atomic E-state index is 13.3. The molecule has 1 atom stereocenters. The molecule has 3 rings (SSSR count). The third kappa shape index (κ3) is 11.7. The van der Waals surface area contributed by atoms with Crippen LogP contribution in [0.2, 0.25) is 0 Å². The number of aromatic hydroxyl groups is 2. The Labute approximate surface area is 303 Å². The highest BCUT2D eigenvalue weighted by atomic mass is 16.3. The number of carbonyl (C=O) groups excluding carboxylic acids is 2. The van der Waals surface area contributed by atoms with Crippen molar-refractivity contribution in [1.29, 1.82) is 0 Å². The molecule has 0 spiro atoms. The van der Waals surface area contributed by atoms with Crippen molar-refractivity contribution in [3.8, 4) is 11.5 Å². The van der Waals surface area contributed by atoms with Gasteiger partial charge in [-0.25, -0.2) is 0 Å². The molecule has 0 saturated heterocycles. The summed E-state index contributed by atoms with van der Waals surface area (Å²) in [6.45, 7) is 17.2. The Bertz CT molecular complexity index is 1820. The summed E-state index contributed by atoms with van der Waals surface area (Å²) in [6.07, 6.45) is 13.9. The Kier molecular flexibility index (Phi) is 14.9. The summed E-state index contributed by atoms with van der Waals surface area (Å²) in [5.74, 6) is -0.437. The number of hydrogen-bond acceptors (Lipinski definition) is 7. The van der Waals surface area contributed by atoms with Crippen LogP contribution >= 0.6 is 0 Å². The van der Waals surface area contributed by atoms with E-state index in [1.165, 1.54) is 0 Å². The molecule has 274 valence electrons. The van der Waals surface area contributed by atoms with Gasteiger partial charge in [-0.1, -0.05) is 52.2 Å². The molecule has 4 N–H and O–H groups in total. The van der Waals surface area contributed by atoms with Crippen molar-refractivity contribution in [2.75, 3.05) is 0 Å². The minimum Gasteiger partial charge on any atom is -0.508 e. The average Bonchev–Trinajstić information content (AvgIpc) is 3.39. The highest BCUT2D eigenvalue weighted by Gasteiger charge is 2.35. The van der Waals surface area contributed by atoms with E-state index in [1.807, 2.05) is 85.8 Å². The fourth-order valence-electron chi connectivity index (χ4n) is 6.23. The molecule has 0 fully saturated rings. The number of aliphatic hydroxyl groups is 2. The number of aliphatic hydroxyl groups excluding tert-OH is 2. The van der Waals surface area contributed by atoms with Crippen molar-refractivity contribution < 1.29 is 34.4 Å². The van der Waals surface area contributed by atoms with Gasteiger partial charge in [-0.2, -0.15) is 0 Å². The van der Waals surface area contributed by atoms with Gasteiger partial charge in [0.05, 0.1) is 11.7 Å². The van der Waals surface area contributed by atoms with Crippen LogP contribution in [-0.4, -0.2) is 38.1 Å². The predicted octanol–water partition coefficient (Wildman–Crippen LogP) is 10.5. The number of aryl methyl sites for hydroxylation is 2. The smallest absolute Gasteiger partial charge is 0.233 e. The Morgan fingerprint density at radius 3 is 2.04 bits per heavy atom. The summed E-state index contributed by atoms with van der Waals surface area (Å²) in [5.41, 5.74) is 7.90. The van der Waals surface area contributed by atoms with Gasteiger partial charge in [-0.3, -0.25) is 9.59 Å². The second-order valence-corrected chi connectivity index (χ2v) is 14.5. The molecule has 1 heterocycles. The molecule has 0 bridgehead atoms. The number of phenols is 2. The van der Waals surface area contributed by atoms with E-state index in [2.05, 4.69) is 6.08 Å². The first-order valence-electron chi connectivity index (χ1n) is 17.8. The Hall–Kier alpha value is -4.62. The fourth-order valence-corrected chi connectivity index (χ4v) is 6.23. The van der Waals surface area contributed by atoms with E-state index < -0.39 is 17.7 Å². The van der Waals surface area contributed by atoms with Gasteiger partial charge in [0, 0.05) is 16.7 Å². The van der Waals surface area contributed by atoms with Crippen LogP contribution in [0.4, 0.5) is 0 Å². The van der Waals surface area contributed by atoms with Crippen molar-refractivity contribution in [2.45, 2.75) is 120 Å². The number of ketones is 2. The summed E-state index contributed by atoms with van der Waals surface area (Å²) in [6, 6.07) is 5.20. The largest absolute Gasteiger partial charge is 0.508 e. The molecule has 0 aliphatic heterocycles. The zero-order valence-corrected chi connectivity index (χ0v) is 31.9. The maximum Gasteiger partial charge on any atom is 0.233 e. The van der Waals surface area contributed by atoms with E-state index in [9.17, 15) is 30.0 Å². The fraction of sp³-hybridized carbons (Fsp3) is 0.409. The second kappa shape index (κ2) is 18.6. The van der Waals surface area contributed by atoms with Gasteiger partial charge >= 0.3 is 0 Å². The topological polar surface area (TPSA) is 128 Å². The van der Waals surface area contributed by atoms with Crippen LogP contribution in [0.1, 0.15) is 122 Å². The van der Waals surface area contributed by atoms with Crippen molar-refractivity contribution in [3.05, 3.63) is 115 Å². The lowest BCUT2D eigenvalue weighted by Crippen LogP contribution is -2.25. The van der Waals surface area contributed by atoms with E-state index in [-0.39, 0.29) is 40.4 Å². The lowest BCUT2D eigenvalue weighted by Gasteiger charge is -2.19. The molecule has 1 aromatic carbocycles. The van der Waals surface area contributed by atoms with Crippen LogP contribution in [0.5, 0.6) is 11.5 Å². The number of hydrogen-bond donors (Lipinski definition) is 4. The highest BCUT2D eigenvalue weighted by Crippen LogP contribution is 2.38. The van der Waals surface area contributed by atoms with Crippen LogP contribution in [-0.2, 0) is 22.4 Å². The van der Waals surface area contributed by atoms with Gasteiger partial charge in [0.2, 0.25) is 11.6 Å². The third-order valence-corrected chi connectivity index (χ3v) is 8.97. The number of rotatable bonds is 16. The molecule has 0 radical (unpaired) electrons. The van der Waals surface area contributed by atoms with E-state index in [0.29, 0.717) is 36.3 Å². The number of carbonyl (C=O) groups is 2. The summed E-state index contributed by atoms with van der Waals surface area (Å²) >= 11 is 0. The van der Waals surface area contributed by atoms with Crippen molar-refractivity contribution in [3.63, 3.8) is 0 Å². The molecule has 51 heavy (non-hydrogen) atoms. The number of benzene rings is 1. The average molecular weight is 697 g/mol. The summed E-state index contributed by atoms with van der Waals surface area (Å²) in [4.78, 5) is 26.4. The van der Waals surface area contributed by atoms with Gasteiger partial charge in [0.15, 0.2) is 0 Å². The van der Waals surface area contributed by atoms with Gasteiger partial charge in [-0.15, -0.1) is 0 Å². The molecule has 2 aromatic rings. The summed E-state index contributed by atoms with van der Waals surface area (Å²) < 4.78 is 6.28. The van der Waals surface area contributed by atoms with Gasteiger partial charge in [-0.05, 0) is 149 Å². The van der Waals surface area contributed by atoms with Crippen molar-refractivity contribution >= 4 is 23.2 Å². The SMILES string of the molecule is CC(C)=Cc1cc(CCC/C(C)=C/Cc2c(O)cc(C)cc2O)c(C2=C(C)C(=O)C(=O)C(C/C=C(\C)CC/C=C(\C)C[C@H](O)C=C(C)C)=C2O)o1. The van der Waals surface area contributed by atoms with E-state index in [4.69, 9.17) is 4.42 Å². The molecule has 1 aliphatic rings. The number of allylic oxidation sites excluding steroid dienone is 10. The Balaban J connectivity index is 1.82. The van der Waals surface area contributed by atoms with Gasteiger partial charge in [0.25, 0.3) is 0 Å². The molecule has 7 heteroatoms. The molecule has 0 saturated carbocycles. The summed E-state index contributed by atoms with van der Waals surface area (Å²) in [7, 11) is 0. The Morgan fingerprint density at radius 1 is 0.784 bits per heavy atom. The Morgan fingerprint density at radius 2 is 1.41 bits per heavy atom. The first-order chi connectivity index (χ1) is 24.0. The first-order valence-corrected chi connectivity index (χ1v) is 17.8. The zero-order chi connectivity index (χ0) is 38.0. The van der Waals surface area contributed by atoms with Crippen LogP contribution in [0, 0.1) is 6.92 Å². The highest BCUT2D eigenvalue weighted by molar-refractivity contribution is 6.52. The molecule has 1 aliphatic carbocycles. The predicted molar refractivity (Wildman–Crippen MR) is 207 cm³/mol. The number of furan rings is 1. The van der Waals surface area contributed by atoms with Crippen LogP contribution in [0.3, 0.4) is 0 Å². The lowest BCUT2D eigenvalue weighted by atomic mass is 9.85. The normalized spacial score (nSPS) is 15.1. The maximum atomic E-state index is 13.3. The van der Waals surface area contributed by atoms with Crippen LogP contribution < -0.4 is 0 Å². The monoisotopic (exact) mass is 696 g/mol. The standard InChI is InChI=1S/C44H56O7/c1-26(2)20-34(45)22-30(7)14-10-12-28(5)17-19-37-42(49)40(32(9)41(48)43(37)50)44-33(25-35(51-44)21-27(3)4)15-11-13-29(6)16-18-36-38(46)23-31(8)24-39(36)47/h14,16-17,20-21,23-25,34,45-47,49H,10-13,15,18-19,22H2,1-9H3/b28-17+,29-16+,30-14+/t34-/m1/s1. The van der Waals surface area contributed by atoms with Crippen molar-refractivity contribution in [2.24, 2.45) is 0 Å². The van der Waals surface area contributed by atoms with Gasteiger partial charge in [0.1, 0.15) is 28.8 Å². The van der Waals surface area contributed by atoms with Crippen LogP contribution in [0.15, 0.2) is 91.7 Å². The molecular formula is C44H56O7. The number of Topliss-reactive ketones (excluding diaryl/α,β-unsaturated/α-hetero) is 2. The zero-order valence-electron chi connectivity index (χ0n) is 31.9. The first kappa shape index (κ1) is 40.8. The van der Waals surface area contributed by atoms with Crippen LogP contribution in [0.25, 0.3) is 11.6 Å². The molecule has 7 nitrogen and oxygen atoms in total. The minimum absolute atomic E-state index is 0.0593. The quantitative estimate of drug-likeness (QED) is 0.0781. The van der Waals surface area contributed by atoms with Crippen molar-refractivity contribution in [1.82, 2.24) is 0 Å². The second-order valence-electron chi connectivity index (χ2n) is 14.5. The lowest BCUT2D eigenvalue weighted by molar-refractivity contribution is -0.132. The van der Waals surface area contributed by atoms with E-state index in [0.717, 1.165) is 64.7 Å². The number of phenolic OH excluding ortho intramolecular Hbond substituents is 2. The molecule has 1 aromatic heterocycles. The molecular weight excluding hydrogens is 640 g/mol. The van der Waals surface area contributed by atoms with Gasteiger partial charge < -0.3 is 24.8 Å². The minimum atomic E-state index is -0.703. The summed E-state index contributed by atoms with van der Waals surface area (Å²) in [5, 5.41) is 42.3.